The van der Waals surface area contributed by atoms with Gasteiger partial charge in [-0.2, -0.15) is 18.3 Å². The maximum Gasteiger partial charge on any atom is 0.418 e. The van der Waals surface area contributed by atoms with Gasteiger partial charge in [0.15, 0.2) is 0 Å². The van der Waals surface area contributed by atoms with Gasteiger partial charge in [0.05, 0.1) is 29.7 Å². The average Bonchev–Trinajstić information content (AvgIpc) is 3.60. The fourth-order valence-corrected chi connectivity index (χ4v) is 4.93. The van der Waals surface area contributed by atoms with E-state index in [2.05, 4.69) is 20.4 Å². The highest BCUT2D eigenvalue weighted by Crippen LogP contribution is 2.41. The molecule has 3 N–H and O–H groups in total. The number of benzene rings is 1. The number of aliphatic hydroxyl groups excluding tert-OH is 3. The third kappa shape index (κ3) is 4.40. The van der Waals surface area contributed by atoms with E-state index in [1.165, 1.54) is 34.5 Å². The number of ether oxygens (including phenoxy) is 1. The second-order valence-electron chi connectivity index (χ2n) is 8.00. The van der Waals surface area contributed by atoms with E-state index in [-0.39, 0.29) is 16.4 Å². The Morgan fingerprint density at radius 2 is 1.94 bits per heavy atom. The minimum absolute atomic E-state index is 0.0448. The first-order chi connectivity index (χ1) is 17.2. The highest BCUT2D eigenvalue weighted by atomic mass is 35.5. The molecule has 1 aromatic carbocycles. The van der Waals surface area contributed by atoms with Gasteiger partial charge in [0.25, 0.3) is 0 Å². The lowest BCUT2D eigenvalue weighted by Gasteiger charge is -2.42. The molecule has 4 aromatic rings. The molecular formula is C21H18ClF3N6O4S. The van der Waals surface area contributed by atoms with Gasteiger partial charge in [0.2, 0.25) is 0 Å². The van der Waals surface area contributed by atoms with Gasteiger partial charge < -0.3 is 20.1 Å². The van der Waals surface area contributed by atoms with Crippen LogP contribution in [0.25, 0.3) is 16.4 Å². The first-order valence-electron chi connectivity index (χ1n) is 10.5. The minimum Gasteiger partial charge on any atom is -0.394 e. The summed E-state index contributed by atoms with van der Waals surface area (Å²) in [4.78, 5) is 4.15. The van der Waals surface area contributed by atoms with Crippen LogP contribution in [-0.4, -0.2) is 70.0 Å². The van der Waals surface area contributed by atoms with Crippen LogP contribution in [0.4, 0.5) is 13.2 Å². The molecule has 0 unspecified atom stereocenters. The van der Waals surface area contributed by atoms with Crippen molar-refractivity contribution >= 4 is 22.9 Å². The van der Waals surface area contributed by atoms with Crippen molar-refractivity contribution in [1.82, 2.24) is 29.8 Å². The zero-order valence-electron chi connectivity index (χ0n) is 18.1. The van der Waals surface area contributed by atoms with E-state index >= 15 is 0 Å². The van der Waals surface area contributed by atoms with Crippen LogP contribution in [0.1, 0.15) is 23.4 Å². The predicted octanol–water partition coefficient (Wildman–Crippen LogP) is 2.65. The van der Waals surface area contributed by atoms with E-state index < -0.39 is 48.8 Å². The molecule has 15 heteroatoms. The lowest BCUT2D eigenvalue weighted by molar-refractivity contribution is -0.209. The van der Waals surface area contributed by atoms with E-state index in [0.29, 0.717) is 10.7 Å². The maximum atomic E-state index is 13.7. The van der Waals surface area contributed by atoms with Gasteiger partial charge in [-0.15, -0.1) is 16.4 Å². The van der Waals surface area contributed by atoms with Crippen molar-refractivity contribution in [3.05, 3.63) is 64.5 Å². The number of hydrogen-bond acceptors (Lipinski definition) is 9. The van der Waals surface area contributed by atoms with Crippen LogP contribution in [0.3, 0.4) is 0 Å². The zero-order chi connectivity index (χ0) is 25.6. The third-order valence-electron chi connectivity index (χ3n) is 5.82. The second-order valence-corrected chi connectivity index (χ2v) is 9.33. The Morgan fingerprint density at radius 3 is 2.64 bits per heavy atom. The van der Waals surface area contributed by atoms with Gasteiger partial charge in [-0.05, 0) is 24.3 Å². The molecule has 1 aliphatic heterocycles. The molecule has 5 atom stereocenters. The molecule has 0 amide bonds. The zero-order valence-corrected chi connectivity index (χ0v) is 19.6. The number of thiazole rings is 1. The molecule has 0 radical (unpaired) electrons. The summed E-state index contributed by atoms with van der Waals surface area (Å²) in [5.41, 5.74) is -0.930. The van der Waals surface area contributed by atoms with Gasteiger partial charge in [-0.25, -0.2) is 14.3 Å². The van der Waals surface area contributed by atoms with E-state index in [4.69, 9.17) is 16.3 Å². The molecule has 1 fully saturated rings. The Balaban J connectivity index is 1.56. The summed E-state index contributed by atoms with van der Waals surface area (Å²) < 4.78 is 49.2. The lowest BCUT2D eigenvalue weighted by atomic mass is 9.91. The standard InChI is InChI=1S/C21H18ClF3N6O4S/c22-10-1-2-11(21(23,24)25)14(7-10)31-13(3-4-27-31)19-18(34)16(17(33)15(9-32)35-19)30-8-12(28-29-30)20-26-5-6-36-20/h1-8,15-19,32-34H,9H2/t15-,16+,17+,18-,19+/m1/s1. The molecule has 5 rings (SSSR count). The molecule has 0 saturated carbocycles. The number of nitrogens with zero attached hydrogens (tertiary/aromatic N) is 6. The molecule has 0 aliphatic carbocycles. The lowest BCUT2D eigenvalue weighted by Crippen LogP contribution is -2.53. The normalized spacial score (nSPS) is 24.8. The van der Waals surface area contributed by atoms with E-state index in [9.17, 15) is 28.5 Å². The quantitative estimate of drug-likeness (QED) is 0.351. The molecular weight excluding hydrogens is 525 g/mol. The fourth-order valence-electron chi connectivity index (χ4n) is 4.18. The largest absolute Gasteiger partial charge is 0.418 e. The van der Waals surface area contributed by atoms with Crippen LogP contribution in [0.15, 0.2) is 48.2 Å². The summed E-state index contributed by atoms with van der Waals surface area (Å²) in [6.45, 7) is -0.631. The van der Waals surface area contributed by atoms with Crippen molar-refractivity contribution in [2.24, 2.45) is 0 Å². The Kier molecular flexibility index (Phi) is 6.57. The Bertz CT molecular complexity index is 1350. The second kappa shape index (κ2) is 9.53. The van der Waals surface area contributed by atoms with E-state index in [1.54, 1.807) is 11.6 Å². The minimum atomic E-state index is -4.71. The van der Waals surface area contributed by atoms with Gasteiger partial charge in [0, 0.05) is 22.8 Å². The summed E-state index contributed by atoms with van der Waals surface area (Å²) in [6.07, 6.45) is -5.83. The maximum absolute atomic E-state index is 13.7. The summed E-state index contributed by atoms with van der Waals surface area (Å²) in [7, 11) is 0. The molecule has 0 spiro atoms. The molecule has 36 heavy (non-hydrogen) atoms. The Hall–Kier alpha value is -2.88. The SMILES string of the molecule is OC[C@H]1O[C@@H](c2ccnn2-c2cc(Cl)ccc2C(F)(F)F)[C@H](O)[C@@H](n2cc(-c3nccs3)nn2)[C@H]1O. The van der Waals surface area contributed by atoms with Crippen molar-refractivity contribution in [1.29, 1.82) is 0 Å². The first-order valence-corrected chi connectivity index (χ1v) is 11.8. The summed E-state index contributed by atoms with van der Waals surface area (Å²) >= 11 is 7.30. The van der Waals surface area contributed by atoms with Gasteiger partial charge in [-0.1, -0.05) is 16.8 Å². The van der Waals surface area contributed by atoms with Gasteiger partial charge in [0.1, 0.15) is 41.2 Å². The number of rotatable bonds is 5. The van der Waals surface area contributed by atoms with Crippen molar-refractivity contribution in [2.45, 2.75) is 36.6 Å². The van der Waals surface area contributed by atoms with E-state index in [1.807, 2.05) is 0 Å². The number of aliphatic hydroxyl groups is 3. The van der Waals surface area contributed by atoms with E-state index in [0.717, 1.165) is 22.9 Å². The molecule has 1 saturated heterocycles. The molecule has 190 valence electrons. The highest BCUT2D eigenvalue weighted by Gasteiger charge is 2.48. The van der Waals surface area contributed by atoms with Crippen LogP contribution in [0.5, 0.6) is 0 Å². The van der Waals surface area contributed by atoms with Crippen LogP contribution in [-0.2, 0) is 10.9 Å². The predicted molar refractivity (Wildman–Crippen MR) is 120 cm³/mol. The fraction of sp³-hybridized carbons (Fsp3) is 0.333. The smallest absolute Gasteiger partial charge is 0.394 e. The van der Waals surface area contributed by atoms with Crippen molar-refractivity contribution < 1.29 is 33.2 Å². The molecule has 3 aromatic heterocycles. The van der Waals surface area contributed by atoms with Crippen molar-refractivity contribution in [2.75, 3.05) is 6.61 Å². The summed E-state index contributed by atoms with van der Waals surface area (Å²) in [5.74, 6) is 0. The summed E-state index contributed by atoms with van der Waals surface area (Å²) in [5, 5.41) is 46.4. The third-order valence-corrected chi connectivity index (χ3v) is 6.85. The monoisotopic (exact) mass is 542 g/mol. The van der Waals surface area contributed by atoms with Crippen LogP contribution >= 0.6 is 22.9 Å². The summed E-state index contributed by atoms with van der Waals surface area (Å²) in [6, 6.07) is 3.26. The van der Waals surface area contributed by atoms with Crippen LogP contribution in [0, 0.1) is 0 Å². The molecule has 0 bridgehead atoms. The number of alkyl halides is 3. The number of aromatic nitrogens is 6. The topological polar surface area (TPSA) is 131 Å². The molecule has 4 heterocycles. The number of halogens is 4. The molecule has 1 aliphatic rings. The van der Waals surface area contributed by atoms with Gasteiger partial charge >= 0.3 is 6.18 Å². The van der Waals surface area contributed by atoms with Crippen LogP contribution < -0.4 is 0 Å². The first kappa shape index (κ1) is 24.8. The number of hydrogen-bond donors (Lipinski definition) is 3. The highest BCUT2D eigenvalue weighted by molar-refractivity contribution is 7.13. The Labute approximate surface area is 210 Å². The molecule has 10 nitrogen and oxygen atoms in total. The van der Waals surface area contributed by atoms with Gasteiger partial charge in [-0.3, -0.25) is 0 Å². The van der Waals surface area contributed by atoms with Crippen LogP contribution in [0.2, 0.25) is 5.02 Å². The average molecular weight is 543 g/mol. The Morgan fingerprint density at radius 1 is 1.14 bits per heavy atom. The van der Waals surface area contributed by atoms with Crippen molar-refractivity contribution in [3.8, 4) is 16.4 Å². The van der Waals surface area contributed by atoms with Crippen molar-refractivity contribution in [3.63, 3.8) is 0 Å².